The third-order valence-corrected chi connectivity index (χ3v) is 5.35. The molecule has 0 aliphatic heterocycles. The van der Waals surface area contributed by atoms with E-state index in [2.05, 4.69) is 10.6 Å². The first-order chi connectivity index (χ1) is 12.2. The minimum atomic E-state index is 0.0427. The lowest BCUT2D eigenvalue weighted by Gasteiger charge is -2.20. The molecule has 2 unspecified atom stereocenters. The Kier molecular flexibility index (Phi) is 5.95. The number of rotatable bonds is 7. The lowest BCUT2D eigenvalue weighted by Crippen LogP contribution is -2.38. The fraction of sp³-hybridized carbons (Fsp3) is 0.600. The van der Waals surface area contributed by atoms with Crippen LogP contribution in [0.5, 0.6) is 5.75 Å². The molecule has 2 amide bonds. The number of methoxy groups -OCH3 is 1. The van der Waals surface area contributed by atoms with E-state index in [1.807, 2.05) is 24.3 Å². The van der Waals surface area contributed by atoms with E-state index in [9.17, 15) is 9.59 Å². The molecule has 0 bridgehead atoms. The summed E-state index contributed by atoms with van der Waals surface area (Å²) in [5.74, 6) is 1.56. The molecular weight excluding hydrogens is 316 g/mol. The van der Waals surface area contributed by atoms with Gasteiger partial charge in [-0.15, -0.1) is 0 Å². The number of hydrogen-bond donors (Lipinski definition) is 2. The van der Waals surface area contributed by atoms with Gasteiger partial charge in [-0.25, -0.2) is 0 Å². The zero-order valence-corrected chi connectivity index (χ0v) is 14.9. The molecule has 25 heavy (non-hydrogen) atoms. The van der Waals surface area contributed by atoms with E-state index in [0.717, 1.165) is 43.4 Å². The first-order valence-corrected chi connectivity index (χ1v) is 9.38. The number of carbonyl (C=O) groups is 2. The second-order valence-corrected chi connectivity index (χ2v) is 7.14. The summed E-state index contributed by atoms with van der Waals surface area (Å²) >= 11 is 0. The van der Waals surface area contributed by atoms with E-state index in [-0.39, 0.29) is 29.6 Å². The van der Waals surface area contributed by atoms with Crippen LogP contribution in [-0.4, -0.2) is 32.0 Å². The normalized spacial score (nSPS) is 22.9. The molecule has 3 rings (SSSR count). The molecule has 0 spiro atoms. The maximum Gasteiger partial charge on any atom is 0.223 e. The van der Waals surface area contributed by atoms with E-state index in [1.54, 1.807) is 7.11 Å². The Labute approximate surface area is 149 Å². The average Bonchev–Trinajstić information content (AvgIpc) is 3.46. The van der Waals surface area contributed by atoms with Gasteiger partial charge in [0, 0.05) is 24.9 Å². The Morgan fingerprint density at radius 1 is 1.08 bits per heavy atom. The van der Waals surface area contributed by atoms with Crippen molar-refractivity contribution in [2.75, 3.05) is 20.2 Å². The standard InChI is InChI=1S/C20H28N2O3/c1-25-16-9-5-8-15(12-16)17-13-18(17)20(24)22-11-10-21-19(23)14-6-3-2-4-7-14/h5,8-9,12,14,17-18H,2-4,6-7,10-11,13H2,1H3,(H,21,23)(H,22,24). The molecule has 1 aromatic carbocycles. The van der Waals surface area contributed by atoms with Crippen molar-refractivity contribution in [3.05, 3.63) is 29.8 Å². The number of benzene rings is 1. The van der Waals surface area contributed by atoms with Crippen molar-refractivity contribution in [2.45, 2.75) is 44.4 Å². The molecule has 5 nitrogen and oxygen atoms in total. The monoisotopic (exact) mass is 344 g/mol. The maximum atomic E-state index is 12.2. The van der Waals surface area contributed by atoms with Crippen molar-refractivity contribution in [3.8, 4) is 5.75 Å². The summed E-state index contributed by atoms with van der Waals surface area (Å²) < 4.78 is 5.24. The average molecular weight is 344 g/mol. The molecule has 2 aliphatic rings. The van der Waals surface area contributed by atoms with Gasteiger partial charge in [0.2, 0.25) is 11.8 Å². The van der Waals surface area contributed by atoms with Gasteiger partial charge in [-0.05, 0) is 42.9 Å². The molecule has 136 valence electrons. The fourth-order valence-electron chi connectivity index (χ4n) is 3.74. The summed E-state index contributed by atoms with van der Waals surface area (Å²) in [6.45, 7) is 1.01. The third-order valence-electron chi connectivity index (χ3n) is 5.35. The summed E-state index contributed by atoms with van der Waals surface area (Å²) in [5.41, 5.74) is 1.16. The van der Waals surface area contributed by atoms with Gasteiger partial charge in [0.1, 0.15) is 5.75 Å². The van der Waals surface area contributed by atoms with Crippen molar-refractivity contribution < 1.29 is 14.3 Å². The molecule has 5 heteroatoms. The SMILES string of the molecule is COc1cccc(C2CC2C(=O)NCCNC(=O)C2CCCCC2)c1. The molecular formula is C20H28N2O3. The molecule has 2 atom stereocenters. The summed E-state index contributed by atoms with van der Waals surface area (Å²) in [7, 11) is 1.65. The van der Waals surface area contributed by atoms with Gasteiger partial charge in [0.15, 0.2) is 0 Å². The van der Waals surface area contributed by atoms with Gasteiger partial charge in [0.05, 0.1) is 7.11 Å². The van der Waals surface area contributed by atoms with E-state index < -0.39 is 0 Å². The van der Waals surface area contributed by atoms with Gasteiger partial charge in [0.25, 0.3) is 0 Å². The predicted octanol–water partition coefficient (Wildman–Crippen LogP) is 2.61. The third kappa shape index (κ3) is 4.74. The molecule has 2 saturated carbocycles. The minimum Gasteiger partial charge on any atom is -0.497 e. The Hall–Kier alpha value is -2.04. The number of amides is 2. The fourth-order valence-corrected chi connectivity index (χ4v) is 3.74. The van der Waals surface area contributed by atoms with E-state index in [1.165, 1.54) is 6.42 Å². The van der Waals surface area contributed by atoms with Gasteiger partial charge in [-0.1, -0.05) is 31.4 Å². The zero-order valence-electron chi connectivity index (χ0n) is 14.9. The Morgan fingerprint density at radius 2 is 1.80 bits per heavy atom. The molecule has 0 saturated heterocycles. The van der Waals surface area contributed by atoms with E-state index in [4.69, 9.17) is 4.74 Å². The lowest BCUT2D eigenvalue weighted by atomic mass is 9.89. The van der Waals surface area contributed by atoms with Gasteiger partial charge in [-0.2, -0.15) is 0 Å². The topological polar surface area (TPSA) is 67.4 Å². The van der Waals surface area contributed by atoms with E-state index >= 15 is 0 Å². The molecule has 0 aromatic heterocycles. The molecule has 2 N–H and O–H groups in total. The van der Waals surface area contributed by atoms with Crippen LogP contribution in [0.2, 0.25) is 0 Å². The molecule has 0 heterocycles. The van der Waals surface area contributed by atoms with Crippen LogP contribution in [-0.2, 0) is 9.59 Å². The van der Waals surface area contributed by atoms with Crippen molar-refractivity contribution >= 4 is 11.8 Å². The molecule has 1 aromatic rings. The number of nitrogens with one attached hydrogen (secondary N) is 2. The van der Waals surface area contributed by atoms with Crippen LogP contribution in [0.3, 0.4) is 0 Å². The highest BCUT2D eigenvalue weighted by Crippen LogP contribution is 2.48. The summed E-state index contributed by atoms with van der Waals surface area (Å²) in [6.07, 6.45) is 6.44. The predicted molar refractivity (Wildman–Crippen MR) is 96.4 cm³/mol. The summed E-state index contributed by atoms with van der Waals surface area (Å²) in [4.78, 5) is 24.3. The largest absolute Gasteiger partial charge is 0.497 e. The maximum absolute atomic E-state index is 12.2. The van der Waals surface area contributed by atoms with Crippen molar-refractivity contribution in [2.24, 2.45) is 11.8 Å². The highest BCUT2D eigenvalue weighted by molar-refractivity contribution is 5.83. The quantitative estimate of drug-likeness (QED) is 0.747. The minimum absolute atomic E-state index is 0.0427. The second kappa shape index (κ2) is 8.37. The Balaban J connectivity index is 1.35. The van der Waals surface area contributed by atoms with Gasteiger partial charge >= 0.3 is 0 Å². The number of carbonyl (C=O) groups excluding carboxylic acids is 2. The van der Waals surface area contributed by atoms with Gasteiger partial charge < -0.3 is 15.4 Å². The Morgan fingerprint density at radius 3 is 2.52 bits per heavy atom. The van der Waals surface area contributed by atoms with Crippen LogP contribution in [0.1, 0.15) is 50.0 Å². The van der Waals surface area contributed by atoms with Crippen LogP contribution in [0.4, 0.5) is 0 Å². The van der Waals surface area contributed by atoms with Crippen LogP contribution in [0.25, 0.3) is 0 Å². The van der Waals surface area contributed by atoms with Crippen LogP contribution < -0.4 is 15.4 Å². The molecule has 2 aliphatic carbocycles. The molecule has 2 fully saturated rings. The highest BCUT2D eigenvalue weighted by atomic mass is 16.5. The molecule has 0 radical (unpaired) electrons. The lowest BCUT2D eigenvalue weighted by molar-refractivity contribution is -0.126. The summed E-state index contributed by atoms with van der Waals surface area (Å²) in [6, 6.07) is 7.92. The number of ether oxygens (including phenoxy) is 1. The van der Waals surface area contributed by atoms with Crippen molar-refractivity contribution in [1.29, 1.82) is 0 Å². The number of hydrogen-bond acceptors (Lipinski definition) is 3. The van der Waals surface area contributed by atoms with E-state index in [0.29, 0.717) is 13.1 Å². The van der Waals surface area contributed by atoms with Crippen LogP contribution in [0.15, 0.2) is 24.3 Å². The Bertz CT molecular complexity index is 611. The van der Waals surface area contributed by atoms with Crippen molar-refractivity contribution in [1.82, 2.24) is 10.6 Å². The van der Waals surface area contributed by atoms with Gasteiger partial charge in [-0.3, -0.25) is 9.59 Å². The highest BCUT2D eigenvalue weighted by Gasteiger charge is 2.43. The summed E-state index contributed by atoms with van der Waals surface area (Å²) in [5, 5.41) is 5.90. The zero-order chi connectivity index (χ0) is 17.6. The van der Waals surface area contributed by atoms with Crippen LogP contribution in [0, 0.1) is 11.8 Å². The van der Waals surface area contributed by atoms with Crippen molar-refractivity contribution in [3.63, 3.8) is 0 Å². The second-order valence-electron chi connectivity index (χ2n) is 7.14. The first kappa shape index (κ1) is 17.8. The first-order valence-electron chi connectivity index (χ1n) is 9.38. The van der Waals surface area contributed by atoms with Crippen LogP contribution >= 0.6 is 0 Å². The smallest absolute Gasteiger partial charge is 0.223 e.